The van der Waals surface area contributed by atoms with Crippen molar-refractivity contribution in [3.05, 3.63) is 34.6 Å². The molecule has 1 aliphatic rings. The quantitative estimate of drug-likeness (QED) is 0.857. The number of halogens is 2. The molecule has 0 aliphatic heterocycles. The lowest BCUT2D eigenvalue weighted by Gasteiger charge is -2.30. The maximum atomic E-state index is 13.3. The molecule has 1 aromatic carbocycles. The molecule has 0 amide bonds. The molecule has 0 atom stereocenters. The van der Waals surface area contributed by atoms with Crippen LogP contribution in [0, 0.1) is 11.2 Å². The van der Waals surface area contributed by atoms with Gasteiger partial charge in [0.2, 0.25) is 0 Å². The molecule has 0 heterocycles. The minimum atomic E-state index is -0.438. The molecule has 1 saturated carbocycles. The maximum Gasteiger partial charge on any atom is 0.144 e. The Bertz CT molecular complexity index is 481. The Balaban J connectivity index is 2.18. The zero-order chi connectivity index (χ0) is 14.6. The predicted molar refractivity (Wildman–Crippen MR) is 79.3 cm³/mol. The number of benzene rings is 1. The van der Waals surface area contributed by atoms with Crippen molar-refractivity contribution in [1.82, 2.24) is 0 Å². The van der Waals surface area contributed by atoms with Crippen molar-refractivity contribution in [2.24, 2.45) is 11.1 Å². The third kappa shape index (κ3) is 3.39. The summed E-state index contributed by atoms with van der Waals surface area (Å²) in [4.78, 5) is 12.7. The summed E-state index contributed by atoms with van der Waals surface area (Å²) >= 11 is 6.05. The fourth-order valence-corrected chi connectivity index (χ4v) is 3.23. The van der Waals surface area contributed by atoms with Crippen LogP contribution in [-0.2, 0) is 11.2 Å². The van der Waals surface area contributed by atoms with Crippen LogP contribution in [0.5, 0.6) is 0 Å². The van der Waals surface area contributed by atoms with Gasteiger partial charge in [-0.05, 0) is 36.6 Å². The first kappa shape index (κ1) is 15.5. The van der Waals surface area contributed by atoms with Crippen molar-refractivity contribution >= 4 is 17.4 Å². The van der Waals surface area contributed by atoms with E-state index >= 15 is 0 Å². The number of hydrogen-bond donors (Lipinski definition) is 1. The van der Waals surface area contributed by atoms with E-state index in [1.54, 1.807) is 0 Å². The third-order valence-corrected chi connectivity index (χ3v) is 4.77. The molecular formula is C16H21ClFNO. The molecular weight excluding hydrogens is 277 g/mol. The zero-order valence-corrected chi connectivity index (χ0v) is 12.4. The first-order chi connectivity index (χ1) is 9.57. The van der Waals surface area contributed by atoms with Gasteiger partial charge in [0, 0.05) is 23.4 Å². The van der Waals surface area contributed by atoms with Crippen LogP contribution in [0.15, 0.2) is 18.2 Å². The molecule has 2 rings (SSSR count). The summed E-state index contributed by atoms with van der Waals surface area (Å²) in [5, 5.41) is 0.445. The van der Waals surface area contributed by atoms with E-state index in [9.17, 15) is 9.18 Å². The maximum absolute atomic E-state index is 13.3. The predicted octanol–water partition coefficient (Wildman–Crippen LogP) is 3.89. The molecule has 2 nitrogen and oxygen atoms in total. The molecule has 0 radical (unpaired) electrons. The minimum absolute atomic E-state index is 0.106. The molecule has 110 valence electrons. The van der Waals surface area contributed by atoms with Gasteiger partial charge in [-0.25, -0.2) is 4.39 Å². The van der Waals surface area contributed by atoms with Crippen LogP contribution in [0.3, 0.4) is 0 Å². The Labute approximate surface area is 124 Å². The molecule has 0 bridgehead atoms. The lowest BCUT2D eigenvalue weighted by atomic mass is 9.75. The van der Waals surface area contributed by atoms with Crippen molar-refractivity contribution in [1.29, 1.82) is 0 Å². The van der Waals surface area contributed by atoms with Crippen LogP contribution >= 0.6 is 11.6 Å². The average Bonchev–Trinajstić information content (AvgIpc) is 2.69. The Morgan fingerprint density at radius 1 is 1.25 bits per heavy atom. The van der Waals surface area contributed by atoms with Crippen LogP contribution in [-0.4, -0.2) is 12.3 Å². The molecule has 1 aromatic rings. The van der Waals surface area contributed by atoms with Gasteiger partial charge >= 0.3 is 0 Å². The second-order valence-electron chi connectivity index (χ2n) is 5.73. The lowest BCUT2D eigenvalue weighted by molar-refractivity contribution is -0.128. The molecule has 0 aromatic heterocycles. The largest absolute Gasteiger partial charge is 0.329 e. The minimum Gasteiger partial charge on any atom is -0.329 e. The first-order valence-corrected chi connectivity index (χ1v) is 7.62. The fraction of sp³-hybridized carbons (Fsp3) is 0.562. The highest BCUT2D eigenvalue weighted by molar-refractivity contribution is 6.31. The number of hydrogen-bond acceptors (Lipinski definition) is 2. The van der Waals surface area contributed by atoms with E-state index in [2.05, 4.69) is 0 Å². The Kier molecular flexibility index (Phi) is 5.17. The van der Waals surface area contributed by atoms with Gasteiger partial charge < -0.3 is 5.73 Å². The van der Waals surface area contributed by atoms with Crippen LogP contribution in [0.2, 0.25) is 5.02 Å². The number of carbonyl (C=O) groups excluding carboxylic acids is 1. The van der Waals surface area contributed by atoms with Gasteiger partial charge in [0.05, 0.1) is 0 Å². The van der Waals surface area contributed by atoms with Crippen molar-refractivity contribution < 1.29 is 9.18 Å². The van der Waals surface area contributed by atoms with Crippen molar-refractivity contribution in [2.75, 3.05) is 6.54 Å². The van der Waals surface area contributed by atoms with Crippen LogP contribution in [0.25, 0.3) is 0 Å². The van der Waals surface area contributed by atoms with Crippen LogP contribution < -0.4 is 5.73 Å². The van der Waals surface area contributed by atoms with E-state index in [-0.39, 0.29) is 18.0 Å². The van der Waals surface area contributed by atoms with Gasteiger partial charge in [-0.2, -0.15) is 0 Å². The van der Waals surface area contributed by atoms with E-state index in [0.29, 0.717) is 17.1 Å². The summed E-state index contributed by atoms with van der Waals surface area (Å²) < 4.78 is 13.3. The highest BCUT2D eigenvalue weighted by Crippen LogP contribution is 2.36. The Hall–Kier alpha value is -0.930. The van der Waals surface area contributed by atoms with Gasteiger partial charge in [0.1, 0.15) is 11.6 Å². The molecule has 20 heavy (non-hydrogen) atoms. The fourth-order valence-electron chi connectivity index (χ4n) is 3.04. The summed E-state index contributed by atoms with van der Waals surface area (Å²) in [6, 6.07) is 4.16. The molecule has 1 fully saturated rings. The number of nitrogens with two attached hydrogens (primary N) is 1. The zero-order valence-electron chi connectivity index (χ0n) is 11.6. The number of Topliss-reactive ketones (excluding diaryl/α,β-unsaturated/α-hetero) is 1. The summed E-state index contributed by atoms with van der Waals surface area (Å²) in [6.45, 7) is 0.374. The average molecular weight is 298 g/mol. The van der Waals surface area contributed by atoms with Crippen molar-refractivity contribution in [2.45, 2.75) is 44.9 Å². The number of carbonyl (C=O) groups is 1. The molecule has 0 saturated heterocycles. The highest BCUT2D eigenvalue weighted by Gasteiger charge is 2.36. The van der Waals surface area contributed by atoms with Crippen LogP contribution in [0.4, 0.5) is 4.39 Å². The topological polar surface area (TPSA) is 43.1 Å². The number of rotatable bonds is 4. The SMILES string of the molecule is NCC1(C(=O)Cc2cc(F)ccc2Cl)CCCCCC1. The summed E-state index contributed by atoms with van der Waals surface area (Å²) in [5.41, 5.74) is 6.03. The molecule has 0 spiro atoms. The Morgan fingerprint density at radius 2 is 1.90 bits per heavy atom. The lowest BCUT2D eigenvalue weighted by Crippen LogP contribution is -2.39. The van der Waals surface area contributed by atoms with Gasteiger partial charge in [-0.3, -0.25) is 4.79 Å². The molecule has 0 unspecified atom stereocenters. The summed E-state index contributed by atoms with van der Waals surface area (Å²) in [5.74, 6) is -0.255. The van der Waals surface area contributed by atoms with Gasteiger partial charge in [0.25, 0.3) is 0 Å². The van der Waals surface area contributed by atoms with Gasteiger partial charge in [0.15, 0.2) is 0 Å². The Morgan fingerprint density at radius 3 is 2.50 bits per heavy atom. The van der Waals surface area contributed by atoms with Gasteiger partial charge in [-0.1, -0.05) is 37.3 Å². The van der Waals surface area contributed by atoms with E-state index in [4.69, 9.17) is 17.3 Å². The van der Waals surface area contributed by atoms with Crippen molar-refractivity contribution in [3.63, 3.8) is 0 Å². The van der Waals surface area contributed by atoms with E-state index in [0.717, 1.165) is 38.5 Å². The highest BCUT2D eigenvalue weighted by atomic mass is 35.5. The standard InChI is InChI=1S/C16H21ClFNO/c17-14-6-5-13(18)9-12(14)10-15(20)16(11-19)7-3-1-2-4-8-16/h5-6,9H,1-4,7-8,10-11,19H2. The normalized spacial score (nSPS) is 18.6. The number of ketones is 1. The first-order valence-electron chi connectivity index (χ1n) is 7.25. The van der Waals surface area contributed by atoms with E-state index in [1.165, 1.54) is 18.2 Å². The summed E-state index contributed by atoms with van der Waals surface area (Å²) in [6.07, 6.45) is 6.27. The van der Waals surface area contributed by atoms with Gasteiger partial charge in [-0.15, -0.1) is 0 Å². The summed E-state index contributed by atoms with van der Waals surface area (Å²) in [7, 11) is 0. The smallest absolute Gasteiger partial charge is 0.144 e. The van der Waals surface area contributed by atoms with Crippen LogP contribution in [0.1, 0.15) is 44.1 Å². The van der Waals surface area contributed by atoms with E-state index < -0.39 is 5.41 Å². The molecule has 2 N–H and O–H groups in total. The van der Waals surface area contributed by atoms with E-state index in [1.807, 2.05) is 0 Å². The second kappa shape index (κ2) is 6.68. The van der Waals surface area contributed by atoms with Crippen molar-refractivity contribution in [3.8, 4) is 0 Å². The third-order valence-electron chi connectivity index (χ3n) is 4.40. The molecule has 4 heteroatoms. The second-order valence-corrected chi connectivity index (χ2v) is 6.14. The monoisotopic (exact) mass is 297 g/mol. The molecule has 1 aliphatic carbocycles.